The van der Waals surface area contributed by atoms with Gasteiger partial charge in [0.2, 0.25) is 0 Å². The van der Waals surface area contributed by atoms with E-state index < -0.39 is 0 Å². The van der Waals surface area contributed by atoms with Crippen molar-refractivity contribution in [1.82, 2.24) is 0 Å². The number of hydrogen-bond acceptors (Lipinski definition) is 4. The first-order valence-electron chi connectivity index (χ1n) is 5.08. The molecular weight excluding hydrogens is 288 g/mol. The van der Waals surface area contributed by atoms with Gasteiger partial charge in [-0.3, -0.25) is 0 Å². The molecule has 94 valence electrons. The summed E-state index contributed by atoms with van der Waals surface area (Å²) in [6, 6.07) is 5.23. The van der Waals surface area contributed by atoms with Crippen LogP contribution in [0.25, 0.3) is 0 Å². The first-order chi connectivity index (χ1) is 8.19. The van der Waals surface area contributed by atoms with Crippen molar-refractivity contribution >= 4 is 21.8 Å². The lowest BCUT2D eigenvalue weighted by Crippen LogP contribution is -2.13. The van der Waals surface area contributed by atoms with Crippen LogP contribution in [0.1, 0.15) is 12.0 Å². The van der Waals surface area contributed by atoms with Crippen LogP contribution in [0.15, 0.2) is 27.8 Å². The van der Waals surface area contributed by atoms with E-state index in [4.69, 9.17) is 20.4 Å². The molecule has 0 aliphatic carbocycles. The molecule has 0 aliphatic rings. The van der Waals surface area contributed by atoms with Gasteiger partial charge in [-0.15, -0.1) is 0 Å². The van der Waals surface area contributed by atoms with Gasteiger partial charge in [0.1, 0.15) is 5.75 Å². The van der Waals surface area contributed by atoms with Gasteiger partial charge in [0.15, 0.2) is 5.84 Å². The van der Waals surface area contributed by atoms with E-state index in [-0.39, 0.29) is 5.84 Å². The lowest BCUT2D eigenvalue weighted by Gasteiger charge is -2.09. The molecule has 1 rings (SSSR count). The molecule has 0 bridgehead atoms. The van der Waals surface area contributed by atoms with E-state index in [1.807, 2.05) is 0 Å². The van der Waals surface area contributed by atoms with Gasteiger partial charge in [0.25, 0.3) is 0 Å². The number of nitrogens with zero attached hydrogens (tertiary/aromatic N) is 1. The van der Waals surface area contributed by atoms with Crippen LogP contribution in [0.2, 0.25) is 0 Å². The third-order valence-electron chi connectivity index (χ3n) is 2.09. The Morgan fingerprint density at radius 1 is 1.47 bits per heavy atom. The maximum Gasteiger partial charge on any atom is 0.170 e. The highest BCUT2D eigenvalue weighted by Gasteiger charge is 2.05. The fourth-order valence-electron chi connectivity index (χ4n) is 1.22. The predicted octanol–water partition coefficient (Wildman–Crippen LogP) is 1.96. The Labute approximate surface area is 108 Å². The van der Waals surface area contributed by atoms with Gasteiger partial charge < -0.3 is 20.4 Å². The summed E-state index contributed by atoms with van der Waals surface area (Å²) in [4.78, 5) is 0. The topological polar surface area (TPSA) is 77.1 Å². The van der Waals surface area contributed by atoms with Crippen molar-refractivity contribution in [1.29, 1.82) is 0 Å². The SMILES string of the molecule is COCCCOc1ccc(/C(N)=N/O)cc1Br. The van der Waals surface area contributed by atoms with E-state index in [1.165, 1.54) is 0 Å². The van der Waals surface area contributed by atoms with Gasteiger partial charge in [-0.2, -0.15) is 0 Å². The normalized spacial score (nSPS) is 11.5. The zero-order valence-corrected chi connectivity index (χ0v) is 11.1. The van der Waals surface area contributed by atoms with Crippen molar-refractivity contribution in [2.75, 3.05) is 20.3 Å². The Bertz CT molecular complexity index is 396. The summed E-state index contributed by atoms with van der Waals surface area (Å²) >= 11 is 3.37. The molecule has 1 aromatic rings. The number of ether oxygens (including phenoxy) is 2. The summed E-state index contributed by atoms with van der Waals surface area (Å²) in [6.07, 6.45) is 0.824. The Hall–Kier alpha value is -1.27. The third kappa shape index (κ3) is 4.24. The second-order valence-electron chi connectivity index (χ2n) is 3.33. The van der Waals surface area contributed by atoms with Crippen LogP contribution in [0.4, 0.5) is 0 Å². The van der Waals surface area contributed by atoms with E-state index in [0.717, 1.165) is 16.6 Å². The Balaban J connectivity index is 2.63. The smallest absolute Gasteiger partial charge is 0.170 e. The highest BCUT2D eigenvalue weighted by Crippen LogP contribution is 2.26. The number of hydrogen-bond donors (Lipinski definition) is 2. The number of methoxy groups -OCH3 is 1. The predicted molar refractivity (Wildman–Crippen MR) is 68.6 cm³/mol. The molecule has 0 amide bonds. The molecule has 0 spiro atoms. The van der Waals surface area contributed by atoms with Gasteiger partial charge in [-0.05, 0) is 34.1 Å². The average molecular weight is 303 g/mol. The molecule has 0 saturated carbocycles. The van der Waals surface area contributed by atoms with Crippen LogP contribution < -0.4 is 10.5 Å². The summed E-state index contributed by atoms with van der Waals surface area (Å²) in [5, 5.41) is 11.5. The molecule has 3 N–H and O–H groups in total. The molecule has 0 heterocycles. The van der Waals surface area contributed by atoms with Gasteiger partial charge >= 0.3 is 0 Å². The fraction of sp³-hybridized carbons (Fsp3) is 0.364. The van der Waals surface area contributed by atoms with Crippen LogP contribution in [-0.4, -0.2) is 31.4 Å². The van der Waals surface area contributed by atoms with E-state index in [9.17, 15) is 0 Å². The van der Waals surface area contributed by atoms with Crippen molar-refractivity contribution in [3.8, 4) is 5.75 Å². The third-order valence-corrected chi connectivity index (χ3v) is 2.71. The van der Waals surface area contributed by atoms with E-state index in [2.05, 4.69) is 21.1 Å². The molecular formula is C11H15BrN2O3. The minimum atomic E-state index is 0.0663. The monoisotopic (exact) mass is 302 g/mol. The molecule has 0 aliphatic heterocycles. The molecule has 17 heavy (non-hydrogen) atoms. The van der Waals surface area contributed by atoms with E-state index >= 15 is 0 Å². The van der Waals surface area contributed by atoms with Crippen LogP contribution in [0.3, 0.4) is 0 Å². The Kier molecular flexibility index (Phi) is 5.79. The van der Waals surface area contributed by atoms with Gasteiger partial charge in [0, 0.05) is 25.7 Å². The van der Waals surface area contributed by atoms with Crippen molar-refractivity contribution in [2.45, 2.75) is 6.42 Å². The van der Waals surface area contributed by atoms with Crippen molar-refractivity contribution < 1.29 is 14.7 Å². The molecule has 0 unspecified atom stereocenters. The number of halogens is 1. The largest absolute Gasteiger partial charge is 0.492 e. The average Bonchev–Trinajstić information content (AvgIpc) is 2.35. The van der Waals surface area contributed by atoms with Crippen molar-refractivity contribution in [2.24, 2.45) is 10.9 Å². The summed E-state index contributed by atoms with van der Waals surface area (Å²) in [5.41, 5.74) is 6.10. The lowest BCUT2D eigenvalue weighted by atomic mass is 10.2. The molecule has 0 fully saturated rings. The second-order valence-corrected chi connectivity index (χ2v) is 4.18. The number of rotatable bonds is 6. The van der Waals surface area contributed by atoms with Gasteiger partial charge in [0.05, 0.1) is 11.1 Å². The molecule has 0 atom stereocenters. The molecule has 0 radical (unpaired) electrons. The van der Waals surface area contributed by atoms with Crippen molar-refractivity contribution in [3.63, 3.8) is 0 Å². The lowest BCUT2D eigenvalue weighted by molar-refractivity contribution is 0.172. The minimum absolute atomic E-state index is 0.0663. The zero-order chi connectivity index (χ0) is 12.7. The summed E-state index contributed by atoms with van der Waals surface area (Å²) in [5.74, 6) is 0.784. The number of benzene rings is 1. The van der Waals surface area contributed by atoms with E-state index in [0.29, 0.717) is 18.8 Å². The zero-order valence-electron chi connectivity index (χ0n) is 9.52. The number of nitrogens with two attached hydrogens (primary N) is 1. The summed E-state index contributed by atoms with van der Waals surface area (Å²) < 4.78 is 11.2. The molecule has 5 nitrogen and oxygen atoms in total. The van der Waals surface area contributed by atoms with E-state index in [1.54, 1.807) is 25.3 Å². The number of oxime groups is 1. The minimum Gasteiger partial charge on any atom is -0.492 e. The first-order valence-corrected chi connectivity index (χ1v) is 5.87. The quantitative estimate of drug-likeness (QED) is 0.277. The fourth-order valence-corrected chi connectivity index (χ4v) is 1.71. The number of amidine groups is 1. The van der Waals surface area contributed by atoms with Crippen LogP contribution in [0.5, 0.6) is 5.75 Å². The first kappa shape index (κ1) is 13.8. The summed E-state index contributed by atoms with van der Waals surface area (Å²) in [7, 11) is 1.65. The second kappa shape index (κ2) is 7.13. The van der Waals surface area contributed by atoms with Crippen molar-refractivity contribution in [3.05, 3.63) is 28.2 Å². The Morgan fingerprint density at radius 3 is 2.82 bits per heavy atom. The maximum atomic E-state index is 8.55. The van der Waals surface area contributed by atoms with Crippen LogP contribution in [-0.2, 0) is 4.74 Å². The highest BCUT2D eigenvalue weighted by molar-refractivity contribution is 9.10. The summed E-state index contributed by atoms with van der Waals surface area (Å²) in [6.45, 7) is 1.25. The van der Waals surface area contributed by atoms with Gasteiger partial charge in [-0.25, -0.2) is 0 Å². The molecule has 0 saturated heterocycles. The highest BCUT2D eigenvalue weighted by atomic mass is 79.9. The molecule has 6 heteroatoms. The standard InChI is InChI=1S/C11H15BrN2O3/c1-16-5-2-6-17-10-4-3-8(7-9(10)12)11(13)14-15/h3-4,7,15H,2,5-6H2,1H3,(H2,13,14). The molecule has 1 aromatic carbocycles. The molecule has 0 aromatic heterocycles. The van der Waals surface area contributed by atoms with Gasteiger partial charge in [-0.1, -0.05) is 5.16 Å². The van der Waals surface area contributed by atoms with Crippen LogP contribution >= 0.6 is 15.9 Å². The maximum absolute atomic E-state index is 8.55. The Morgan fingerprint density at radius 2 is 2.24 bits per heavy atom. The van der Waals surface area contributed by atoms with Crippen LogP contribution in [0, 0.1) is 0 Å².